The first-order valence-corrected chi connectivity index (χ1v) is 12.0. The fourth-order valence-electron chi connectivity index (χ4n) is 3.40. The summed E-state index contributed by atoms with van der Waals surface area (Å²) in [5.74, 6) is 0.457. The Labute approximate surface area is 167 Å². The van der Waals surface area contributed by atoms with Crippen LogP contribution in [0.3, 0.4) is 0 Å². The summed E-state index contributed by atoms with van der Waals surface area (Å²) in [6, 6.07) is 10.1. The van der Waals surface area contributed by atoms with Crippen molar-refractivity contribution in [3.63, 3.8) is 0 Å². The van der Waals surface area contributed by atoms with E-state index in [1.165, 1.54) is 0 Å². The van der Waals surface area contributed by atoms with Crippen LogP contribution in [0.15, 0.2) is 35.2 Å². The van der Waals surface area contributed by atoms with Crippen molar-refractivity contribution >= 4 is 19.6 Å². The van der Waals surface area contributed by atoms with Crippen molar-refractivity contribution in [2.24, 2.45) is 17.3 Å². The number of hydrogen-bond acceptors (Lipinski definition) is 6. The van der Waals surface area contributed by atoms with Crippen molar-refractivity contribution in [2.45, 2.75) is 63.6 Å². The Kier molecular flexibility index (Phi) is 6.77. The minimum Gasteiger partial charge on any atom is -0.361 e. The molecule has 1 aromatic carbocycles. The molecule has 5 nitrogen and oxygen atoms in total. The van der Waals surface area contributed by atoms with Gasteiger partial charge in [0.2, 0.25) is 0 Å². The van der Waals surface area contributed by atoms with Gasteiger partial charge in [0.1, 0.15) is 11.5 Å². The molecule has 0 saturated carbocycles. The molecule has 0 aromatic heterocycles. The lowest BCUT2D eigenvalue weighted by Gasteiger charge is -2.45. The summed E-state index contributed by atoms with van der Waals surface area (Å²) in [5, 5.41) is 0. The fraction of sp³-hybridized carbons (Fsp3) is 0.700. The minimum atomic E-state index is -3.59. The van der Waals surface area contributed by atoms with Crippen LogP contribution in [-0.4, -0.2) is 30.9 Å². The first-order chi connectivity index (χ1) is 12.7. The fourth-order valence-corrected chi connectivity index (χ4v) is 6.51. The largest absolute Gasteiger partial charge is 0.475 e. The van der Waals surface area contributed by atoms with E-state index in [0.717, 1.165) is 11.3 Å². The van der Waals surface area contributed by atoms with Crippen LogP contribution in [0.25, 0.3) is 0 Å². The van der Waals surface area contributed by atoms with E-state index in [2.05, 4.69) is 20.8 Å². The first-order valence-electron chi connectivity index (χ1n) is 9.68. The highest BCUT2D eigenvalue weighted by molar-refractivity contribution is 7.99. The molecule has 0 amide bonds. The third-order valence-corrected chi connectivity index (χ3v) is 7.93. The summed E-state index contributed by atoms with van der Waals surface area (Å²) >= 11 is 1.61. The second-order valence-corrected chi connectivity index (χ2v) is 11.1. The third kappa shape index (κ3) is 5.17. The molecule has 2 saturated heterocycles. The molecule has 5 unspecified atom stereocenters. The number of phosphoric acid groups is 1. The van der Waals surface area contributed by atoms with Crippen molar-refractivity contribution in [3.8, 4) is 0 Å². The highest BCUT2D eigenvalue weighted by atomic mass is 32.2. The smallest absolute Gasteiger partial charge is 0.361 e. The molecule has 7 heteroatoms. The van der Waals surface area contributed by atoms with Gasteiger partial charge in [-0.1, -0.05) is 64.6 Å². The zero-order valence-electron chi connectivity index (χ0n) is 16.8. The van der Waals surface area contributed by atoms with Gasteiger partial charge in [-0.25, -0.2) is 4.57 Å². The standard InChI is InChI=1S/C20H31O5PS/c1-6-17-14(2)15(3)18(19(24-17)27-16-10-8-7-9-11-16)25-26(21)22-12-20(4,5)13-23-26/h7-11,14-15,17-19H,6,12-13H2,1-5H3. The minimum absolute atomic E-state index is 0.147. The van der Waals surface area contributed by atoms with Crippen LogP contribution >= 0.6 is 19.6 Å². The van der Waals surface area contributed by atoms with Gasteiger partial charge in [0.25, 0.3) is 0 Å². The van der Waals surface area contributed by atoms with Gasteiger partial charge < -0.3 is 4.74 Å². The zero-order chi connectivity index (χ0) is 19.7. The van der Waals surface area contributed by atoms with Gasteiger partial charge in [0, 0.05) is 10.3 Å². The number of hydrogen-bond donors (Lipinski definition) is 0. The van der Waals surface area contributed by atoms with E-state index in [1.54, 1.807) is 11.8 Å². The Morgan fingerprint density at radius 1 is 1.15 bits per heavy atom. The second-order valence-electron chi connectivity index (χ2n) is 8.33. The average Bonchev–Trinajstić information content (AvgIpc) is 2.65. The molecule has 0 spiro atoms. The van der Waals surface area contributed by atoms with Crippen molar-refractivity contribution < 1.29 is 22.9 Å². The van der Waals surface area contributed by atoms with E-state index in [4.69, 9.17) is 18.3 Å². The molecule has 1 aromatic rings. The van der Waals surface area contributed by atoms with Crippen LogP contribution in [0.1, 0.15) is 41.0 Å². The predicted molar refractivity (Wildman–Crippen MR) is 108 cm³/mol. The van der Waals surface area contributed by atoms with Crippen molar-refractivity contribution in [1.82, 2.24) is 0 Å². The van der Waals surface area contributed by atoms with E-state index < -0.39 is 7.82 Å². The molecule has 2 aliphatic rings. The molecule has 0 N–H and O–H groups in total. The first kappa shape index (κ1) is 21.4. The van der Waals surface area contributed by atoms with Gasteiger partial charge in [-0.2, -0.15) is 0 Å². The highest BCUT2D eigenvalue weighted by Gasteiger charge is 2.48. The summed E-state index contributed by atoms with van der Waals surface area (Å²) in [6.45, 7) is 11.2. The number of thioether (sulfide) groups is 1. The Balaban J connectivity index is 1.79. The van der Waals surface area contributed by atoms with Gasteiger partial charge >= 0.3 is 7.82 Å². The maximum absolute atomic E-state index is 13.1. The summed E-state index contributed by atoms with van der Waals surface area (Å²) in [4.78, 5) is 1.10. The maximum atomic E-state index is 13.1. The molecule has 0 radical (unpaired) electrons. The summed E-state index contributed by atoms with van der Waals surface area (Å²) in [7, 11) is -3.59. The molecule has 2 fully saturated rings. The molecule has 3 rings (SSSR count). The average molecular weight is 415 g/mol. The van der Waals surface area contributed by atoms with Gasteiger partial charge in [0.05, 0.1) is 19.3 Å². The molecule has 27 heavy (non-hydrogen) atoms. The molecule has 5 atom stereocenters. The summed E-state index contributed by atoms with van der Waals surface area (Å²) in [6.07, 6.45) is 0.706. The molecular weight excluding hydrogens is 383 g/mol. The van der Waals surface area contributed by atoms with Gasteiger partial charge in [-0.05, 0) is 30.4 Å². The predicted octanol–water partition coefficient (Wildman–Crippen LogP) is 5.75. The number of ether oxygens (including phenoxy) is 1. The topological polar surface area (TPSA) is 54.0 Å². The summed E-state index contributed by atoms with van der Waals surface area (Å²) in [5.41, 5.74) is -0.429. The lowest BCUT2D eigenvalue weighted by atomic mass is 9.83. The Bertz CT molecular complexity index is 654. The molecule has 2 heterocycles. The van der Waals surface area contributed by atoms with E-state index in [1.807, 2.05) is 44.2 Å². The van der Waals surface area contributed by atoms with E-state index in [9.17, 15) is 4.57 Å². The second kappa shape index (κ2) is 8.56. The van der Waals surface area contributed by atoms with Gasteiger partial charge in [-0.15, -0.1) is 0 Å². The third-order valence-electron chi connectivity index (χ3n) is 5.39. The van der Waals surface area contributed by atoms with E-state index >= 15 is 0 Å². The Hall–Kier alpha value is -0.360. The lowest BCUT2D eigenvalue weighted by Crippen LogP contribution is -2.49. The van der Waals surface area contributed by atoms with E-state index in [-0.39, 0.29) is 29.0 Å². The molecular formula is C20H31O5PS. The van der Waals surface area contributed by atoms with Gasteiger partial charge in [0.15, 0.2) is 0 Å². The highest BCUT2D eigenvalue weighted by Crippen LogP contribution is 2.58. The number of rotatable bonds is 5. The number of phosphoric ester groups is 1. The molecule has 0 aliphatic carbocycles. The number of benzene rings is 1. The van der Waals surface area contributed by atoms with Crippen molar-refractivity contribution in [3.05, 3.63) is 30.3 Å². The van der Waals surface area contributed by atoms with Crippen molar-refractivity contribution in [1.29, 1.82) is 0 Å². The normalized spacial score (nSPS) is 35.7. The van der Waals surface area contributed by atoms with Crippen LogP contribution in [-0.2, 0) is 22.9 Å². The van der Waals surface area contributed by atoms with Crippen LogP contribution in [0.2, 0.25) is 0 Å². The lowest BCUT2D eigenvalue weighted by molar-refractivity contribution is -0.137. The van der Waals surface area contributed by atoms with Crippen LogP contribution in [0, 0.1) is 17.3 Å². The van der Waals surface area contributed by atoms with Crippen LogP contribution in [0.4, 0.5) is 0 Å². The quantitative estimate of drug-likeness (QED) is 0.572. The van der Waals surface area contributed by atoms with Crippen LogP contribution < -0.4 is 0 Å². The van der Waals surface area contributed by atoms with Crippen molar-refractivity contribution in [2.75, 3.05) is 13.2 Å². The summed E-state index contributed by atoms with van der Waals surface area (Å²) < 4.78 is 36.6. The SMILES string of the molecule is CCC1OC(Sc2ccccc2)C(OP2(=O)OCC(C)(C)CO2)C(C)C1C. The zero-order valence-corrected chi connectivity index (χ0v) is 18.5. The van der Waals surface area contributed by atoms with E-state index in [0.29, 0.717) is 19.1 Å². The monoisotopic (exact) mass is 414 g/mol. The molecule has 0 bridgehead atoms. The molecule has 2 aliphatic heterocycles. The maximum Gasteiger partial charge on any atom is 0.475 e. The molecule has 152 valence electrons. The van der Waals surface area contributed by atoms with Crippen LogP contribution in [0.5, 0.6) is 0 Å². The Morgan fingerprint density at radius 2 is 1.78 bits per heavy atom. The Morgan fingerprint density at radius 3 is 2.37 bits per heavy atom. The van der Waals surface area contributed by atoms with Gasteiger partial charge in [-0.3, -0.25) is 13.6 Å².